The molecule has 0 spiro atoms. The number of aromatic nitrogens is 2. The molecule has 21 heavy (non-hydrogen) atoms. The zero-order chi connectivity index (χ0) is 15.2. The van der Waals surface area contributed by atoms with Crippen LogP contribution in [0.25, 0.3) is 0 Å². The quantitative estimate of drug-likeness (QED) is 0.816. The summed E-state index contributed by atoms with van der Waals surface area (Å²) < 4.78 is 12.5. The first-order valence-electron chi connectivity index (χ1n) is 6.81. The van der Waals surface area contributed by atoms with Crippen molar-refractivity contribution in [3.8, 4) is 11.5 Å². The van der Waals surface area contributed by atoms with Crippen LogP contribution < -0.4 is 14.8 Å². The average Bonchev–Trinajstić information content (AvgIpc) is 2.92. The van der Waals surface area contributed by atoms with Gasteiger partial charge >= 0.3 is 0 Å². The van der Waals surface area contributed by atoms with E-state index in [1.165, 1.54) is 0 Å². The van der Waals surface area contributed by atoms with Crippen molar-refractivity contribution in [3.63, 3.8) is 0 Å². The maximum absolute atomic E-state index is 8.87. The number of aliphatic hydroxyl groups excluding tert-OH is 1. The van der Waals surface area contributed by atoms with Gasteiger partial charge in [-0.2, -0.15) is 5.10 Å². The topological polar surface area (TPSA) is 68.5 Å². The Hall–Kier alpha value is -2.21. The van der Waals surface area contributed by atoms with E-state index in [0.717, 1.165) is 11.3 Å². The van der Waals surface area contributed by atoms with Crippen LogP contribution in [0.2, 0.25) is 0 Å². The first kappa shape index (κ1) is 15.2. The van der Waals surface area contributed by atoms with Gasteiger partial charge in [0, 0.05) is 30.6 Å². The second-order valence-corrected chi connectivity index (χ2v) is 4.75. The summed E-state index contributed by atoms with van der Waals surface area (Å²) in [7, 11) is 3.48. The van der Waals surface area contributed by atoms with Gasteiger partial charge in [0.15, 0.2) is 11.5 Å². The lowest BCUT2D eigenvalue weighted by Gasteiger charge is -2.16. The number of aliphatic hydroxyl groups is 1. The molecule has 0 saturated heterocycles. The van der Waals surface area contributed by atoms with E-state index in [1.54, 1.807) is 11.8 Å². The summed E-state index contributed by atoms with van der Waals surface area (Å²) in [6.07, 6.45) is 3.81. The van der Waals surface area contributed by atoms with Crippen molar-refractivity contribution in [2.24, 2.45) is 7.05 Å². The lowest BCUT2D eigenvalue weighted by atomic mass is 10.1. The molecule has 0 bridgehead atoms. The molecule has 0 aliphatic heterocycles. The third kappa shape index (κ3) is 3.88. The largest absolute Gasteiger partial charge is 0.493 e. The molecule has 0 aliphatic rings. The van der Waals surface area contributed by atoms with Gasteiger partial charge in [0.1, 0.15) is 6.61 Å². The van der Waals surface area contributed by atoms with Crippen molar-refractivity contribution in [1.29, 1.82) is 0 Å². The van der Waals surface area contributed by atoms with Crippen molar-refractivity contribution in [2.75, 3.05) is 25.6 Å². The first-order valence-corrected chi connectivity index (χ1v) is 6.81. The highest BCUT2D eigenvalue weighted by Gasteiger charge is 2.10. The number of hydrogen-bond acceptors (Lipinski definition) is 5. The summed E-state index contributed by atoms with van der Waals surface area (Å²) in [5, 5.41) is 16.4. The standard InChI is InChI=1S/C15H21N3O3/c1-11(12-9-16-18(2)10-12)17-13-4-5-14(20-3)15(8-13)21-7-6-19/h4-5,8-11,17,19H,6-7H2,1-3H3. The fraction of sp³-hybridized carbons (Fsp3) is 0.400. The van der Waals surface area contributed by atoms with Gasteiger partial charge in [-0.15, -0.1) is 0 Å². The van der Waals surface area contributed by atoms with Gasteiger partial charge in [-0.05, 0) is 19.1 Å². The molecule has 1 aromatic carbocycles. The fourth-order valence-corrected chi connectivity index (χ4v) is 2.03. The number of benzene rings is 1. The van der Waals surface area contributed by atoms with E-state index in [4.69, 9.17) is 14.6 Å². The van der Waals surface area contributed by atoms with E-state index in [-0.39, 0.29) is 19.3 Å². The molecule has 1 aromatic heterocycles. The smallest absolute Gasteiger partial charge is 0.163 e. The Labute approximate surface area is 124 Å². The summed E-state index contributed by atoms with van der Waals surface area (Å²) in [6, 6.07) is 5.75. The predicted molar refractivity (Wildman–Crippen MR) is 80.8 cm³/mol. The molecule has 0 aliphatic carbocycles. The van der Waals surface area contributed by atoms with Crippen molar-refractivity contribution in [3.05, 3.63) is 36.2 Å². The number of methoxy groups -OCH3 is 1. The molecule has 0 amide bonds. The van der Waals surface area contributed by atoms with Crippen molar-refractivity contribution >= 4 is 5.69 Å². The number of anilines is 1. The number of rotatable bonds is 7. The van der Waals surface area contributed by atoms with E-state index in [0.29, 0.717) is 11.5 Å². The molecule has 6 nitrogen and oxygen atoms in total. The minimum Gasteiger partial charge on any atom is -0.493 e. The van der Waals surface area contributed by atoms with Gasteiger partial charge < -0.3 is 19.9 Å². The summed E-state index contributed by atoms with van der Waals surface area (Å²) in [6.45, 7) is 2.26. The Kier molecular flexibility index (Phi) is 5.05. The molecule has 2 N–H and O–H groups in total. The summed E-state index contributed by atoms with van der Waals surface area (Å²) in [5.74, 6) is 1.25. The van der Waals surface area contributed by atoms with Gasteiger partial charge in [0.25, 0.3) is 0 Å². The molecule has 0 saturated carbocycles. The first-order chi connectivity index (χ1) is 10.1. The van der Waals surface area contributed by atoms with Crippen LogP contribution >= 0.6 is 0 Å². The van der Waals surface area contributed by atoms with Crippen LogP contribution in [0.4, 0.5) is 5.69 Å². The van der Waals surface area contributed by atoms with Gasteiger partial charge in [-0.25, -0.2) is 0 Å². The SMILES string of the molecule is COc1ccc(NC(C)c2cnn(C)c2)cc1OCCO. The minimum absolute atomic E-state index is 0.0348. The Morgan fingerprint density at radius 3 is 2.81 bits per heavy atom. The van der Waals surface area contributed by atoms with Crippen LogP contribution in [0.1, 0.15) is 18.5 Å². The summed E-state index contributed by atoms with van der Waals surface area (Å²) in [5.41, 5.74) is 2.02. The predicted octanol–water partition coefficient (Wildman–Crippen LogP) is 1.97. The second-order valence-electron chi connectivity index (χ2n) is 4.75. The maximum Gasteiger partial charge on any atom is 0.163 e. The van der Waals surface area contributed by atoms with E-state index in [2.05, 4.69) is 17.3 Å². The zero-order valence-corrected chi connectivity index (χ0v) is 12.5. The highest BCUT2D eigenvalue weighted by Crippen LogP contribution is 2.31. The van der Waals surface area contributed by atoms with Crippen LogP contribution in [0.3, 0.4) is 0 Å². The van der Waals surface area contributed by atoms with E-state index >= 15 is 0 Å². The second kappa shape index (κ2) is 6.99. The van der Waals surface area contributed by atoms with Crippen molar-refractivity contribution in [1.82, 2.24) is 9.78 Å². The Morgan fingerprint density at radius 2 is 2.19 bits per heavy atom. The average molecular weight is 291 g/mol. The Balaban J connectivity index is 2.12. The molecule has 1 heterocycles. The van der Waals surface area contributed by atoms with Crippen LogP contribution in [0.15, 0.2) is 30.6 Å². The van der Waals surface area contributed by atoms with Crippen LogP contribution in [-0.4, -0.2) is 35.2 Å². The monoisotopic (exact) mass is 291 g/mol. The minimum atomic E-state index is -0.0348. The Morgan fingerprint density at radius 1 is 1.38 bits per heavy atom. The molecule has 114 valence electrons. The Bertz CT molecular complexity index is 583. The molecule has 2 aromatic rings. The number of hydrogen-bond donors (Lipinski definition) is 2. The van der Waals surface area contributed by atoms with Gasteiger partial charge in [-0.3, -0.25) is 4.68 Å². The zero-order valence-electron chi connectivity index (χ0n) is 12.5. The number of ether oxygens (including phenoxy) is 2. The van der Waals surface area contributed by atoms with Crippen LogP contribution in [0.5, 0.6) is 11.5 Å². The van der Waals surface area contributed by atoms with Gasteiger partial charge in [0.05, 0.1) is 26.0 Å². The third-order valence-electron chi connectivity index (χ3n) is 3.12. The van der Waals surface area contributed by atoms with E-state index < -0.39 is 0 Å². The van der Waals surface area contributed by atoms with Crippen molar-refractivity contribution in [2.45, 2.75) is 13.0 Å². The normalized spacial score (nSPS) is 12.0. The molecule has 1 unspecified atom stereocenters. The molecular formula is C15H21N3O3. The maximum atomic E-state index is 8.87. The lowest BCUT2D eigenvalue weighted by Crippen LogP contribution is -2.07. The molecular weight excluding hydrogens is 270 g/mol. The molecule has 1 atom stereocenters. The number of aryl methyl sites for hydroxylation is 1. The number of nitrogens with zero attached hydrogens (tertiary/aromatic N) is 2. The van der Waals surface area contributed by atoms with Gasteiger partial charge in [0.2, 0.25) is 0 Å². The molecule has 0 fully saturated rings. The lowest BCUT2D eigenvalue weighted by molar-refractivity contribution is 0.196. The third-order valence-corrected chi connectivity index (χ3v) is 3.12. The van der Waals surface area contributed by atoms with Crippen LogP contribution in [-0.2, 0) is 7.05 Å². The molecule has 6 heteroatoms. The van der Waals surface area contributed by atoms with Crippen molar-refractivity contribution < 1.29 is 14.6 Å². The van der Waals surface area contributed by atoms with E-state index in [1.807, 2.05) is 37.6 Å². The molecule has 2 rings (SSSR count). The number of nitrogens with one attached hydrogen (secondary N) is 1. The highest BCUT2D eigenvalue weighted by molar-refractivity contribution is 5.55. The van der Waals surface area contributed by atoms with E-state index in [9.17, 15) is 0 Å². The summed E-state index contributed by atoms with van der Waals surface area (Å²) >= 11 is 0. The fourth-order valence-electron chi connectivity index (χ4n) is 2.03. The summed E-state index contributed by atoms with van der Waals surface area (Å²) in [4.78, 5) is 0. The van der Waals surface area contributed by atoms with Crippen LogP contribution in [0, 0.1) is 0 Å². The van der Waals surface area contributed by atoms with Gasteiger partial charge in [-0.1, -0.05) is 0 Å². The molecule has 0 radical (unpaired) electrons. The highest BCUT2D eigenvalue weighted by atomic mass is 16.5.